The van der Waals surface area contributed by atoms with Crippen LogP contribution in [0.25, 0.3) is 0 Å². The van der Waals surface area contributed by atoms with E-state index in [0.29, 0.717) is 24.9 Å². The van der Waals surface area contributed by atoms with E-state index in [1.54, 1.807) is 30.3 Å². The Balaban J connectivity index is 3.08. The summed E-state index contributed by atoms with van der Waals surface area (Å²) in [6.07, 6.45) is 1.58. The Hall–Kier alpha value is -4.24. The second-order valence-electron chi connectivity index (χ2n) is 9.56. The summed E-state index contributed by atoms with van der Waals surface area (Å²) in [6, 6.07) is 4.28. The standard InChI is InChI=1S/C26H43N9O6/c27-13-5-4-9-18(33-22(37)17(28)11-12-21(29)36)23(38)35-20(15-16-7-2-1-3-8-16)24(39)34-19(25(40)41)10-6-14-32-26(30)31/h1-3,7-8,17-20H,4-6,9-15,27-28H2,(H2,29,36)(H,33,37)(H,34,39)(H,35,38)(H,40,41)(H4,30,31,32). The fourth-order valence-electron chi connectivity index (χ4n) is 3.83. The van der Waals surface area contributed by atoms with Crippen LogP contribution in [0.1, 0.15) is 50.5 Å². The number of nitrogens with zero attached hydrogens (tertiary/aromatic N) is 1. The number of nitrogens with two attached hydrogens (primary N) is 5. The highest BCUT2D eigenvalue weighted by Gasteiger charge is 2.30. The third kappa shape index (κ3) is 14.6. The maximum absolute atomic E-state index is 13.4. The molecule has 0 spiro atoms. The monoisotopic (exact) mass is 577 g/mol. The number of guanidine groups is 1. The van der Waals surface area contributed by atoms with Crippen LogP contribution in [0.3, 0.4) is 0 Å². The fraction of sp³-hybridized carbons (Fsp3) is 0.538. The van der Waals surface area contributed by atoms with Crippen molar-refractivity contribution in [3.8, 4) is 0 Å². The first-order valence-corrected chi connectivity index (χ1v) is 13.4. The van der Waals surface area contributed by atoms with E-state index in [9.17, 15) is 29.1 Å². The van der Waals surface area contributed by atoms with Gasteiger partial charge in [0.05, 0.1) is 6.04 Å². The van der Waals surface area contributed by atoms with Crippen LogP contribution in [0.4, 0.5) is 0 Å². The normalized spacial score (nSPS) is 13.6. The third-order valence-corrected chi connectivity index (χ3v) is 6.09. The van der Waals surface area contributed by atoms with Crippen molar-refractivity contribution in [2.45, 2.75) is 75.5 Å². The number of rotatable bonds is 20. The van der Waals surface area contributed by atoms with E-state index < -0.39 is 53.8 Å². The zero-order chi connectivity index (χ0) is 30.8. The molecule has 0 fully saturated rings. The van der Waals surface area contributed by atoms with Gasteiger partial charge in [0.2, 0.25) is 23.6 Å². The fourth-order valence-corrected chi connectivity index (χ4v) is 3.83. The zero-order valence-corrected chi connectivity index (χ0v) is 23.1. The molecule has 0 saturated carbocycles. The number of carboxylic acids is 1. The zero-order valence-electron chi connectivity index (χ0n) is 23.1. The largest absolute Gasteiger partial charge is 0.480 e. The Kier molecular flexibility index (Phi) is 16.1. The molecule has 228 valence electrons. The molecule has 1 aromatic carbocycles. The number of hydrogen-bond donors (Lipinski definition) is 9. The van der Waals surface area contributed by atoms with Crippen LogP contribution >= 0.6 is 0 Å². The first kappa shape index (κ1) is 34.8. The molecule has 0 radical (unpaired) electrons. The lowest BCUT2D eigenvalue weighted by molar-refractivity contribution is -0.142. The number of amides is 4. The summed E-state index contributed by atoms with van der Waals surface area (Å²) >= 11 is 0. The van der Waals surface area contributed by atoms with Gasteiger partial charge in [-0.3, -0.25) is 24.2 Å². The molecule has 0 aliphatic carbocycles. The minimum absolute atomic E-state index is 0.00287. The summed E-state index contributed by atoms with van der Waals surface area (Å²) in [5, 5.41) is 17.3. The summed E-state index contributed by atoms with van der Waals surface area (Å²) < 4.78 is 0. The Morgan fingerprint density at radius 1 is 0.780 bits per heavy atom. The van der Waals surface area contributed by atoms with Gasteiger partial charge in [0.25, 0.3) is 0 Å². The molecular formula is C26H43N9O6. The van der Waals surface area contributed by atoms with Crippen molar-refractivity contribution < 1.29 is 29.1 Å². The maximum Gasteiger partial charge on any atom is 0.326 e. The van der Waals surface area contributed by atoms with Gasteiger partial charge in [-0.05, 0) is 50.6 Å². The van der Waals surface area contributed by atoms with E-state index in [4.69, 9.17) is 28.7 Å². The van der Waals surface area contributed by atoms with Crippen molar-refractivity contribution in [2.75, 3.05) is 13.1 Å². The second-order valence-corrected chi connectivity index (χ2v) is 9.56. The highest BCUT2D eigenvalue weighted by atomic mass is 16.4. The lowest BCUT2D eigenvalue weighted by atomic mass is 10.0. The van der Waals surface area contributed by atoms with Crippen LogP contribution in [-0.2, 0) is 30.4 Å². The number of primary amides is 1. The van der Waals surface area contributed by atoms with E-state index in [2.05, 4.69) is 20.9 Å². The molecule has 0 bridgehead atoms. The highest BCUT2D eigenvalue weighted by Crippen LogP contribution is 2.08. The van der Waals surface area contributed by atoms with Crippen LogP contribution in [0.15, 0.2) is 35.3 Å². The summed E-state index contributed by atoms with van der Waals surface area (Å²) in [6.45, 7) is 0.553. The van der Waals surface area contributed by atoms with Gasteiger partial charge in [-0.2, -0.15) is 0 Å². The average Bonchev–Trinajstić information content (AvgIpc) is 2.92. The van der Waals surface area contributed by atoms with Crippen LogP contribution in [0.2, 0.25) is 0 Å². The molecule has 1 rings (SSSR count). The predicted molar refractivity (Wildman–Crippen MR) is 153 cm³/mol. The first-order valence-electron chi connectivity index (χ1n) is 13.4. The van der Waals surface area contributed by atoms with Crippen molar-refractivity contribution in [3.63, 3.8) is 0 Å². The van der Waals surface area contributed by atoms with Crippen LogP contribution in [0, 0.1) is 0 Å². The number of nitrogens with one attached hydrogen (secondary N) is 3. The first-order chi connectivity index (χ1) is 19.4. The lowest BCUT2D eigenvalue weighted by Gasteiger charge is -2.25. The molecule has 4 amide bonds. The van der Waals surface area contributed by atoms with Crippen LogP contribution in [-0.4, -0.2) is 77.9 Å². The molecule has 0 aromatic heterocycles. The minimum Gasteiger partial charge on any atom is -0.480 e. The summed E-state index contributed by atoms with van der Waals surface area (Å²) in [4.78, 5) is 65.9. The van der Waals surface area contributed by atoms with Crippen molar-refractivity contribution in [1.29, 1.82) is 0 Å². The van der Waals surface area contributed by atoms with E-state index in [0.717, 1.165) is 0 Å². The Labute approximate surface area is 239 Å². The number of carbonyl (C=O) groups is 5. The van der Waals surface area contributed by atoms with Gasteiger partial charge in [0, 0.05) is 19.4 Å². The number of benzene rings is 1. The third-order valence-electron chi connectivity index (χ3n) is 6.09. The van der Waals surface area contributed by atoms with Crippen molar-refractivity contribution in [1.82, 2.24) is 16.0 Å². The average molecular weight is 578 g/mol. The molecule has 4 atom stereocenters. The number of carbonyl (C=O) groups excluding carboxylic acids is 4. The van der Waals surface area contributed by atoms with Crippen molar-refractivity contribution >= 4 is 35.6 Å². The van der Waals surface area contributed by atoms with Gasteiger partial charge in [-0.1, -0.05) is 30.3 Å². The lowest BCUT2D eigenvalue weighted by Crippen LogP contribution is -2.57. The molecule has 4 unspecified atom stereocenters. The van der Waals surface area contributed by atoms with E-state index in [1.807, 2.05) is 0 Å². The van der Waals surface area contributed by atoms with Crippen LogP contribution in [0.5, 0.6) is 0 Å². The van der Waals surface area contributed by atoms with Gasteiger partial charge < -0.3 is 49.7 Å². The number of aliphatic carboxylic acids is 1. The van der Waals surface area contributed by atoms with Crippen molar-refractivity contribution in [3.05, 3.63) is 35.9 Å². The van der Waals surface area contributed by atoms with Crippen molar-refractivity contribution in [2.24, 2.45) is 33.7 Å². The molecule has 15 nitrogen and oxygen atoms in total. The minimum atomic E-state index is -1.26. The van der Waals surface area contributed by atoms with E-state index in [1.165, 1.54) is 0 Å². The predicted octanol–water partition coefficient (Wildman–Crippen LogP) is -2.46. The molecule has 0 heterocycles. The van der Waals surface area contributed by atoms with Crippen LogP contribution < -0.4 is 44.6 Å². The maximum atomic E-state index is 13.4. The Morgan fingerprint density at radius 3 is 1.95 bits per heavy atom. The molecule has 15 heteroatoms. The smallest absolute Gasteiger partial charge is 0.326 e. The van der Waals surface area contributed by atoms with Gasteiger partial charge in [0.15, 0.2) is 5.96 Å². The number of aliphatic imine (C=N–C) groups is 1. The Bertz CT molecular complexity index is 1030. The molecule has 0 aliphatic rings. The molecule has 14 N–H and O–H groups in total. The SMILES string of the molecule is NCCCCC(NC(=O)C(N)CCC(N)=O)C(=O)NC(Cc1ccccc1)C(=O)NC(CCCN=C(N)N)C(=O)O. The topological polar surface area (TPSA) is 284 Å². The molecule has 0 saturated heterocycles. The number of unbranched alkanes of at least 4 members (excludes halogenated alkanes) is 1. The summed E-state index contributed by atoms with van der Waals surface area (Å²) in [5.74, 6) is -4.04. The second kappa shape index (κ2) is 18.9. The number of hydrogen-bond acceptors (Lipinski definition) is 8. The molecule has 0 aliphatic heterocycles. The van der Waals surface area contributed by atoms with E-state index in [-0.39, 0.29) is 51.0 Å². The summed E-state index contributed by atoms with van der Waals surface area (Å²) in [7, 11) is 0. The highest BCUT2D eigenvalue weighted by molar-refractivity contribution is 5.94. The molecular weight excluding hydrogens is 534 g/mol. The van der Waals surface area contributed by atoms with E-state index >= 15 is 0 Å². The summed E-state index contributed by atoms with van der Waals surface area (Å²) in [5.41, 5.74) is 27.8. The number of carboxylic acid groups (broad SMARTS) is 1. The molecule has 1 aromatic rings. The van der Waals surface area contributed by atoms with Gasteiger partial charge in [-0.25, -0.2) is 4.79 Å². The van der Waals surface area contributed by atoms with Gasteiger partial charge in [0.1, 0.15) is 18.1 Å². The Morgan fingerprint density at radius 2 is 1.37 bits per heavy atom. The molecule has 41 heavy (non-hydrogen) atoms. The van der Waals surface area contributed by atoms with Gasteiger partial charge in [-0.15, -0.1) is 0 Å². The quantitative estimate of drug-likeness (QED) is 0.0447. The van der Waals surface area contributed by atoms with Gasteiger partial charge >= 0.3 is 5.97 Å².